The molecule has 2 nitrogen and oxygen atoms in total. The van der Waals surface area contributed by atoms with E-state index < -0.39 is 0 Å². The van der Waals surface area contributed by atoms with Crippen molar-refractivity contribution in [3.63, 3.8) is 0 Å². The maximum atomic E-state index is 3.70. The molecule has 0 aliphatic rings. The molecule has 0 rings (SSSR count). The molecular weight excluding hydrogens is 142 g/mol. The Hall–Kier alpha value is -0.160. The Balaban J connectivity index is 0. The van der Waals surface area contributed by atoms with E-state index in [2.05, 4.69) is 22.1 Å². The van der Waals surface area contributed by atoms with E-state index in [1.54, 1.807) is 0 Å². The highest BCUT2D eigenvalue weighted by molar-refractivity contribution is 7.35. The fourth-order valence-corrected chi connectivity index (χ4v) is 0.260. The van der Waals surface area contributed by atoms with Gasteiger partial charge in [0.1, 0.15) is 0 Å². The topological polar surface area (TPSA) is 24.7 Å². The second kappa shape index (κ2) is 9.96. The van der Waals surface area contributed by atoms with Crippen LogP contribution in [0.4, 0.5) is 0 Å². The smallest absolute Gasteiger partial charge is 0.0986 e. The molecular formula is C4H8ClN2P. The van der Waals surface area contributed by atoms with Crippen molar-refractivity contribution in [2.24, 2.45) is 9.76 Å². The van der Waals surface area contributed by atoms with Crippen LogP contribution in [-0.2, 0) is 0 Å². The SMILES string of the molecule is C=PN=C=NCC.Cl. The van der Waals surface area contributed by atoms with Gasteiger partial charge in [-0.15, -0.1) is 12.4 Å². The lowest BCUT2D eigenvalue weighted by Gasteiger charge is -1.64. The van der Waals surface area contributed by atoms with Crippen molar-refractivity contribution in [1.82, 2.24) is 0 Å². The quantitative estimate of drug-likeness (QED) is 0.424. The van der Waals surface area contributed by atoms with E-state index in [1.165, 1.54) is 0 Å². The molecule has 0 bridgehead atoms. The van der Waals surface area contributed by atoms with Crippen molar-refractivity contribution in [3.8, 4) is 0 Å². The Morgan fingerprint density at radius 2 is 2.38 bits per heavy atom. The van der Waals surface area contributed by atoms with Crippen LogP contribution in [0.25, 0.3) is 0 Å². The van der Waals surface area contributed by atoms with Crippen molar-refractivity contribution >= 4 is 33.1 Å². The number of hydrogen-bond donors (Lipinski definition) is 0. The van der Waals surface area contributed by atoms with Crippen LogP contribution in [0.5, 0.6) is 0 Å². The van der Waals surface area contributed by atoms with Gasteiger partial charge in [-0.1, -0.05) is 6.30 Å². The Morgan fingerprint density at radius 1 is 1.75 bits per heavy atom. The van der Waals surface area contributed by atoms with Gasteiger partial charge in [0.2, 0.25) is 0 Å². The van der Waals surface area contributed by atoms with Crippen molar-refractivity contribution in [1.29, 1.82) is 0 Å². The monoisotopic (exact) mass is 150 g/mol. The summed E-state index contributed by atoms with van der Waals surface area (Å²) < 4.78 is 3.61. The normalized spacial score (nSPS) is 6.62. The molecule has 0 aliphatic heterocycles. The van der Waals surface area contributed by atoms with Gasteiger partial charge in [0.05, 0.1) is 6.01 Å². The molecule has 0 saturated heterocycles. The Kier molecular flexibility index (Phi) is 13.4. The van der Waals surface area contributed by atoms with Gasteiger partial charge in [-0.25, -0.2) is 4.99 Å². The molecule has 0 unspecified atom stereocenters. The Labute approximate surface area is 57.0 Å². The van der Waals surface area contributed by atoms with E-state index in [9.17, 15) is 0 Å². The van der Waals surface area contributed by atoms with E-state index >= 15 is 0 Å². The summed E-state index contributed by atoms with van der Waals surface area (Å²) >= 11 is 0. The summed E-state index contributed by atoms with van der Waals surface area (Å²) in [6, 6.07) is 2.46. The minimum atomic E-state index is 0. The van der Waals surface area contributed by atoms with Crippen molar-refractivity contribution in [2.75, 3.05) is 6.54 Å². The van der Waals surface area contributed by atoms with E-state index in [1.807, 2.05) is 6.92 Å². The standard InChI is InChI=1S/C4H7N2P.ClH/c1-3-5-4-6-7-2;/h2-3H2,1H3;1H. The fraction of sp³-hybridized carbons (Fsp3) is 0.500. The van der Waals surface area contributed by atoms with Gasteiger partial charge in [0.15, 0.2) is 0 Å². The minimum Gasteiger partial charge on any atom is -0.225 e. The largest absolute Gasteiger partial charge is 0.225 e. The second-order valence-electron chi connectivity index (χ2n) is 0.816. The summed E-state index contributed by atoms with van der Waals surface area (Å²) in [6.07, 6.45) is 3.44. The first-order valence-corrected chi connectivity index (χ1v) is 3.02. The van der Waals surface area contributed by atoms with Gasteiger partial charge in [-0.3, -0.25) is 0 Å². The molecule has 46 valence electrons. The van der Waals surface area contributed by atoms with Crippen LogP contribution >= 0.6 is 20.8 Å². The fourth-order valence-electron chi connectivity index (χ4n) is 0.134. The van der Waals surface area contributed by atoms with Gasteiger partial charge in [0, 0.05) is 14.9 Å². The molecule has 0 spiro atoms. The van der Waals surface area contributed by atoms with Gasteiger partial charge in [-0.05, 0) is 6.92 Å². The number of halogens is 1. The third-order valence-electron chi connectivity index (χ3n) is 0.344. The van der Waals surface area contributed by atoms with Crippen molar-refractivity contribution < 1.29 is 0 Å². The highest BCUT2D eigenvalue weighted by atomic mass is 35.5. The summed E-state index contributed by atoms with van der Waals surface area (Å²) in [6.45, 7) is 2.68. The number of hydrogen-bond acceptors (Lipinski definition) is 2. The van der Waals surface area contributed by atoms with Crippen molar-refractivity contribution in [3.05, 3.63) is 0 Å². The number of aliphatic imine (C=N–C) groups is 1. The average Bonchev–Trinajstić information content (AvgIpc) is 1.69. The zero-order chi connectivity index (χ0) is 5.54. The lowest BCUT2D eigenvalue weighted by atomic mass is 10.8. The number of nitrogens with zero attached hydrogens (tertiary/aromatic N) is 2. The van der Waals surface area contributed by atoms with Gasteiger partial charge >= 0.3 is 0 Å². The molecule has 4 heteroatoms. The van der Waals surface area contributed by atoms with Crippen LogP contribution in [0, 0.1) is 0 Å². The lowest BCUT2D eigenvalue weighted by Crippen LogP contribution is -1.59. The first kappa shape index (κ1) is 10.8. The lowest BCUT2D eigenvalue weighted by molar-refractivity contribution is 1.14. The minimum absolute atomic E-state index is 0. The third kappa shape index (κ3) is 9.28. The van der Waals surface area contributed by atoms with Crippen LogP contribution in [-0.4, -0.2) is 18.9 Å². The van der Waals surface area contributed by atoms with Crippen LogP contribution in [0.2, 0.25) is 0 Å². The van der Waals surface area contributed by atoms with E-state index in [-0.39, 0.29) is 12.4 Å². The second-order valence-corrected chi connectivity index (χ2v) is 1.30. The van der Waals surface area contributed by atoms with Crippen LogP contribution in [0.1, 0.15) is 6.92 Å². The zero-order valence-corrected chi connectivity index (χ0v) is 6.38. The van der Waals surface area contributed by atoms with Crippen LogP contribution < -0.4 is 0 Å². The molecule has 8 heavy (non-hydrogen) atoms. The molecule has 0 radical (unpaired) electrons. The van der Waals surface area contributed by atoms with Crippen molar-refractivity contribution in [2.45, 2.75) is 6.92 Å². The van der Waals surface area contributed by atoms with Crippen LogP contribution in [0.3, 0.4) is 0 Å². The zero-order valence-electron chi connectivity index (χ0n) is 4.66. The predicted molar refractivity (Wildman–Crippen MR) is 41.7 cm³/mol. The summed E-state index contributed by atoms with van der Waals surface area (Å²) in [7, 11) is 0.725. The predicted octanol–water partition coefficient (Wildman–Crippen LogP) is 1.90. The summed E-state index contributed by atoms with van der Waals surface area (Å²) in [5.74, 6) is 0. The molecule has 0 N–H and O–H groups in total. The van der Waals surface area contributed by atoms with Crippen LogP contribution in [0.15, 0.2) is 9.76 Å². The third-order valence-corrected chi connectivity index (χ3v) is 0.575. The molecule has 0 amide bonds. The summed E-state index contributed by atoms with van der Waals surface area (Å²) in [5, 5.41) is 0. The number of rotatable bonds is 2. The molecule has 0 heterocycles. The first-order valence-electron chi connectivity index (χ1n) is 1.99. The molecule has 0 saturated carbocycles. The maximum Gasteiger partial charge on any atom is 0.0986 e. The molecule has 0 fully saturated rings. The molecule has 0 atom stereocenters. The Morgan fingerprint density at radius 3 is 2.75 bits per heavy atom. The molecule has 0 aromatic carbocycles. The van der Waals surface area contributed by atoms with Gasteiger partial charge in [-0.2, -0.15) is 4.76 Å². The molecule has 0 aromatic rings. The van der Waals surface area contributed by atoms with E-state index in [0.717, 1.165) is 14.9 Å². The van der Waals surface area contributed by atoms with E-state index in [4.69, 9.17) is 0 Å². The average molecular weight is 151 g/mol. The molecule has 0 aliphatic carbocycles. The highest BCUT2D eigenvalue weighted by Gasteiger charge is 1.54. The summed E-state index contributed by atoms with van der Waals surface area (Å²) in [5.41, 5.74) is 0. The highest BCUT2D eigenvalue weighted by Crippen LogP contribution is 1.84. The maximum absolute atomic E-state index is 3.70. The van der Waals surface area contributed by atoms with Gasteiger partial charge in [0.25, 0.3) is 0 Å². The summed E-state index contributed by atoms with van der Waals surface area (Å²) in [4.78, 5) is 3.70. The first-order chi connectivity index (χ1) is 3.41. The van der Waals surface area contributed by atoms with Gasteiger partial charge < -0.3 is 0 Å². The Bertz CT molecular complexity index is 107. The van der Waals surface area contributed by atoms with E-state index in [0.29, 0.717) is 0 Å². The molecule has 0 aromatic heterocycles.